The monoisotopic (exact) mass is 376 g/mol. The molecule has 5 nitrogen and oxygen atoms in total. The van der Waals surface area contributed by atoms with Gasteiger partial charge in [-0.15, -0.1) is 0 Å². The largest absolute Gasteiger partial charge is 0.341 e. The zero-order chi connectivity index (χ0) is 18.6. The van der Waals surface area contributed by atoms with Crippen molar-refractivity contribution in [3.63, 3.8) is 0 Å². The van der Waals surface area contributed by atoms with Crippen molar-refractivity contribution in [1.29, 1.82) is 0 Å². The Balaban J connectivity index is 1.84. The lowest BCUT2D eigenvalue weighted by molar-refractivity contribution is -0.131. The van der Waals surface area contributed by atoms with E-state index in [0.29, 0.717) is 13.1 Å². The molecule has 1 amide bonds. The Morgan fingerprint density at radius 3 is 2.27 bits per heavy atom. The van der Waals surface area contributed by atoms with Gasteiger partial charge in [-0.25, -0.2) is 12.8 Å². The normalized spacial score (nSPS) is 15.8. The number of nitrogens with one attached hydrogen (secondary N) is 1. The summed E-state index contributed by atoms with van der Waals surface area (Å²) in [5, 5.41) is 0. The summed E-state index contributed by atoms with van der Waals surface area (Å²) in [6, 6.07) is 12.9. The maximum atomic E-state index is 13.1. The van der Waals surface area contributed by atoms with Gasteiger partial charge in [-0.3, -0.25) is 4.79 Å². The minimum Gasteiger partial charge on any atom is -0.341 e. The smallest absolute Gasteiger partial charge is 0.241 e. The molecule has 0 aliphatic carbocycles. The summed E-state index contributed by atoms with van der Waals surface area (Å²) in [6.07, 6.45) is 2.11. The lowest BCUT2D eigenvalue weighted by Crippen LogP contribution is -2.48. The van der Waals surface area contributed by atoms with Crippen LogP contribution in [0.3, 0.4) is 0 Å². The fourth-order valence-corrected chi connectivity index (χ4v) is 4.25. The van der Waals surface area contributed by atoms with Crippen LogP contribution in [0.5, 0.6) is 0 Å². The van der Waals surface area contributed by atoms with Crippen LogP contribution >= 0.6 is 0 Å². The third-order valence-electron chi connectivity index (χ3n) is 4.42. The second-order valence-electron chi connectivity index (χ2n) is 6.35. The van der Waals surface area contributed by atoms with Crippen molar-refractivity contribution in [2.75, 3.05) is 13.1 Å². The summed E-state index contributed by atoms with van der Waals surface area (Å²) in [5.41, 5.74) is 0.867. The first-order valence-corrected chi connectivity index (χ1v) is 10.0. The number of amides is 1. The molecular weight excluding hydrogens is 355 g/mol. The van der Waals surface area contributed by atoms with Crippen molar-refractivity contribution in [2.45, 2.75) is 30.2 Å². The minimum atomic E-state index is -3.94. The zero-order valence-corrected chi connectivity index (χ0v) is 15.1. The van der Waals surface area contributed by atoms with Gasteiger partial charge < -0.3 is 4.90 Å². The number of likely N-dealkylation sites (tertiary alicyclic amines) is 1. The SMILES string of the molecule is O=C(C(Cc1ccccc1)NS(=O)(=O)c1ccc(F)cc1)N1CCCC1. The molecule has 138 valence electrons. The lowest BCUT2D eigenvalue weighted by Gasteiger charge is -2.24. The summed E-state index contributed by atoms with van der Waals surface area (Å²) in [6.45, 7) is 1.28. The summed E-state index contributed by atoms with van der Waals surface area (Å²) in [5.74, 6) is -0.741. The van der Waals surface area contributed by atoms with E-state index in [4.69, 9.17) is 0 Å². The molecule has 1 aliphatic rings. The third kappa shape index (κ3) is 4.47. The van der Waals surface area contributed by atoms with Gasteiger partial charge in [0.25, 0.3) is 0 Å². The number of rotatable bonds is 6. The van der Waals surface area contributed by atoms with E-state index < -0.39 is 21.9 Å². The number of hydrogen-bond acceptors (Lipinski definition) is 3. The van der Waals surface area contributed by atoms with Crippen LogP contribution in [0.25, 0.3) is 0 Å². The van der Waals surface area contributed by atoms with Crippen LogP contribution in [0.2, 0.25) is 0 Å². The molecule has 3 rings (SSSR count). The first kappa shape index (κ1) is 18.5. The second-order valence-corrected chi connectivity index (χ2v) is 8.06. The quantitative estimate of drug-likeness (QED) is 0.842. The predicted octanol–water partition coefficient (Wildman–Crippen LogP) is 2.34. The van der Waals surface area contributed by atoms with Crippen LogP contribution in [0.1, 0.15) is 18.4 Å². The molecule has 1 aliphatic heterocycles. The predicted molar refractivity (Wildman–Crippen MR) is 96.5 cm³/mol. The molecule has 1 heterocycles. The van der Waals surface area contributed by atoms with Crippen LogP contribution in [0.15, 0.2) is 59.5 Å². The fraction of sp³-hybridized carbons (Fsp3) is 0.316. The molecule has 1 atom stereocenters. The van der Waals surface area contributed by atoms with Crippen molar-refractivity contribution in [2.24, 2.45) is 0 Å². The molecule has 0 bridgehead atoms. The second kappa shape index (κ2) is 7.97. The van der Waals surface area contributed by atoms with E-state index in [9.17, 15) is 17.6 Å². The summed E-state index contributed by atoms with van der Waals surface area (Å²) in [4.78, 5) is 14.5. The Hall–Kier alpha value is -2.25. The number of benzene rings is 2. The van der Waals surface area contributed by atoms with Crippen molar-refractivity contribution < 1.29 is 17.6 Å². The number of carbonyl (C=O) groups is 1. The number of halogens is 1. The summed E-state index contributed by atoms with van der Waals surface area (Å²) < 4.78 is 40.9. The van der Waals surface area contributed by atoms with Gasteiger partial charge in [-0.2, -0.15) is 4.72 Å². The molecule has 1 unspecified atom stereocenters. The van der Waals surface area contributed by atoms with Crippen molar-refractivity contribution in [3.05, 3.63) is 66.0 Å². The van der Waals surface area contributed by atoms with Gasteiger partial charge in [-0.1, -0.05) is 30.3 Å². The Bertz CT molecular complexity index is 848. The van der Waals surface area contributed by atoms with E-state index in [-0.39, 0.29) is 17.2 Å². The van der Waals surface area contributed by atoms with E-state index in [0.717, 1.165) is 30.5 Å². The molecule has 1 fully saturated rings. The van der Waals surface area contributed by atoms with Crippen molar-refractivity contribution in [3.8, 4) is 0 Å². The maximum absolute atomic E-state index is 13.1. The van der Waals surface area contributed by atoms with E-state index in [1.807, 2.05) is 30.3 Å². The Morgan fingerprint density at radius 1 is 1.04 bits per heavy atom. The summed E-state index contributed by atoms with van der Waals surface area (Å²) in [7, 11) is -3.94. The highest BCUT2D eigenvalue weighted by molar-refractivity contribution is 7.89. The topological polar surface area (TPSA) is 66.5 Å². The van der Waals surface area contributed by atoms with Crippen LogP contribution < -0.4 is 4.72 Å². The molecule has 0 radical (unpaired) electrons. The number of sulfonamides is 1. The first-order valence-electron chi connectivity index (χ1n) is 8.56. The van der Waals surface area contributed by atoms with Gasteiger partial charge in [0.1, 0.15) is 11.9 Å². The molecule has 0 saturated carbocycles. The molecular formula is C19H21FN2O3S. The van der Waals surface area contributed by atoms with E-state index in [2.05, 4.69) is 4.72 Å². The molecule has 26 heavy (non-hydrogen) atoms. The summed E-state index contributed by atoms with van der Waals surface area (Å²) >= 11 is 0. The highest BCUT2D eigenvalue weighted by Gasteiger charge is 2.30. The molecule has 1 N–H and O–H groups in total. The Labute approximate surface area is 152 Å². The van der Waals surface area contributed by atoms with Gasteiger partial charge in [0.15, 0.2) is 0 Å². The highest BCUT2D eigenvalue weighted by atomic mass is 32.2. The van der Waals surface area contributed by atoms with Gasteiger partial charge in [-0.05, 0) is 49.1 Å². The number of hydrogen-bond donors (Lipinski definition) is 1. The Kier molecular flexibility index (Phi) is 5.68. The Morgan fingerprint density at radius 2 is 1.65 bits per heavy atom. The third-order valence-corrected chi connectivity index (χ3v) is 5.91. The molecule has 2 aromatic rings. The number of nitrogens with zero attached hydrogens (tertiary/aromatic N) is 1. The van der Waals surface area contributed by atoms with Crippen molar-refractivity contribution in [1.82, 2.24) is 9.62 Å². The van der Waals surface area contributed by atoms with Gasteiger partial charge in [0, 0.05) is 13.1 Å². The zero-order valence-electron chi connectivity index (χ0n) is 14.3. The molecule has 0 spiro atoms. The first-order chi connectivity index (χ1) is 12.5. The van der Waals surface area contributed by atoms with Gasteiger partial charge in [0.05, 0.1) is 4.90 Å². The van der Waals surface area contributed by atoms with E-state index in [1.165, 1.54) is 12.1 Å². The molecule has 2 aromatic carbocycles. The number of carbonyl (C=O) groups excluding carboxylic acids is 1. The van der Waals surface area contributed by atoms with Gasteiger partial charge >= 0.3 is 0 Å². The van der Waals surface area contributed by atoms with E-state index >= 15 is 0 Å². The molecule has 1 saturated heterocycles. The van der Waals surface area contributed by atoms with Crippen LogP contribution in [0, 0.1) is 5.82 Å². The van der Waals surface area contributed by atoms with Gasteiger partial charge in [0.2, 0.25) is 15.9 Å². The van der Waals surface area contributed by atoms with Crippen LogP contribution in [-0.4, -0.2) is 38.4 Å². The highest BCUT2D eigenvalue weighted by Crippen LogP contribution is 2.16. The van der Waals surface area contributed by atoms with Crippen LogP contribution in [0.4, 0.5) is 4.39 Å². The van der Waals surface area contributed by atoms with Crippen molar-refractivity contribution >= 4 is 15.9 Å². The van der Waals surface area contributed by atoms with Crippen LogP contribution in [-0.2, 0) is 21.2 Å². The molecule has 7 heteroatoms. The lowest BCUT2D eigenvalue weighted by atomic mass is 10.1. The van der Waals surface area contributed by atoms with E-state index in [1.54, 1.807) is 4.90 Å². The minimum absolute atomic E-state index is 0.0637. The average molecular weight is 376 g/mol. The maximum Gasteiger partial charge on any atom is 0.241 e. The average Bonchev–Trinajstić information content (AvgIpc) is 3.16. The fourth-order valence-electron chi connectivity index (χ4n) is 3.06. The standard InChI is InChI=1S/C19H21FN2O3S/c20-16-8-10-17(11-9-16)26(24,25)21-18(14-15-6-2-1-3-7-15)19(23)22-12-4-5-13-22/h1-3,6-11,18,21H,4-5,12-14H2. The molecule has 0 aromatic heterocycles.